The molecule has 0 atom stereocenters. The molecule has 4 heteroatoms. The SMILES string of the molecule is CC.CC.CCCOc1cc(C)cs1.COc1cscc1C. The molecule has 0 saturated heterocycles. The first kappa shape index (κ1) is 23.3. The highest BCUT2D eigenvalue weighted by Crippen LogP contribution is 2.22. The topological polar surface area (TPSA) is 18.5 Å². The van der Waals surface area contributed by atoms with E-state index in [4.69, 9.17) is 9.47 Å². The molecule has 0 aromatic carbocycles. The number of hydrogen-bond acceptors (Lipinski definition) is 4. The van der Waals surface area contributed by atoms with Gasteiger partial charge in [-0.3, -0.25) is 0 Å². The van der Waals surface area contributed by atoms with Gasteiger partial charge in [-0.2, -0.15) is 0 Å². The van der Waals surface area contributed by atoms with E-state index in [1.165, 1.54) is 11.1 Å². The van der Waals surface area contributed by atoms with E-state index in [1.807, 2.05) is 40.0 Å². The summed E-state index contributed by atoms with van der Waals surface area (Å²) in [5, 5.41) is 7.21. The molecule has 0 spiro atoms. The van der Waals surface area contributed by atoms with Gasteiger partial charge in [-0.05, 0) is 42.7 Å². The van der Waals surface area contributed by atoms with E-state index in [0.29, 0.717) is 0 Å². The van der Waals surface area contributed by atoms with Gasteiger partial charge in [0.05, 0.1) is 13.7 Å². The van der Waals surface area contributed by atoms with Crippen molar-refractivity contribution >= 4 is 22.7 Å². The molecule has 2 heterocycles. The third kappa shape index (κ3) is 10.7. The summed E-state index contributed by atoms with van der Waals surface area (Å²) >= 11 is 3.33. The lowest BCUT2D eigenvalue weighted by molar-refractivity contribution is 0.326. The molecule has 2 rings (SSSR count). The van der Waals surface area contributed by atoms with Gasteiger partial charge in [-0.15, -0.1) is 22.7 Å². The summed E-state index contributed by atoms with van der Waals surface area (Å²) in [7, 11) is 1.69. The van der Waals surface area contributed by atoms with Gasteiger partial charge in [0.1, 0.15) is 5.75 Å². The van der Waals surface area contributed by atoms with Gasteiger partial charge in [0, 0.05) is 10.9 Å². The summed E-state index contributed by atoms with van der Waals surface area (Å²) in [6, 6.07) is 2.07. The zero-order valence-corrected chi connectivity index (χ0v) is 17.0. The zero-order chi connectivity index (χ0) is 17.4. The van der Waals surface area contributed by atoms with Crippen molar-refractivity contribution in [2.45, 2.75) is 54.9 Å². The van der Waals surface area contributed by atoms with Gasteiger partial charge in [0.2, 0.25) is 0 Å². The highest BCUT2D eigenvalue weighted by molar-refractivity contribution is 7.12. The van der Waals surface area contributed by atoms with Crippen molar-refractivity contribution in [2.24, 2.45) is 0 Å². The molecule has 0 aliphatic heterocycles. The van der Waals surface area contributed by atoms with E-state index in [1.54, 1.807) is 29.8 Å². The fourth-order valence-corrected chi connectivity index (χ4v) is 2.81. The Bertz CT molecular complexity index is 447. The Balaban J connectivity index is 0. The quantitative estimate of drug-likeness (QED) is 0.596. The molecule has 22 heavy (non-hydrogen) atoms. The predicted molar refractivity (Wildman–Crippen MR) is 103 cm³/mol. The Hall–Kier alpha value is -1.00. The van der Waals surface area contributed by atoms with E-state index in [-0.39, 0.29) is 0 Å². The van der Waals surface area contributed by atoms with E-state index >= 15 is 0 Å². The molecule has 0 N–H and O–H groups in total. The van der Waals surface area contributed by atoms with Crippen molar-refractivity contribution in [3.63, 3.8) is 0 Å². The fraction of sp³-hybridized carbons (Fsp3) is 0.556. The van der Waals surface area contributed by atoms with Gasteiger partial charge in [0.15, 0.2) is 5.06 Å². The van der Waals surface area contributed by atoms with Crippen LogP contribution >= 0.6 is 22.7 Å². The maximum atomic E-state index is 5.39. The molecule has 0 radical (unpaired) electrons. The van der Waals surface area contributed by atoms with Gasteiger partial charge >= 0.3 is 0 Å². The van der Waals surface area contributed by atoms with Crippen LogP contribution in [0.2, 0.25) is 0 Å². The summed E-state index contributed by atoms with van der Waals surface area (Å²) in [4.78, 5) is 0. The second-order valence-corrected chi connectivity index (χ2v) is 5.53. The van der Waals surface area contributed by atoms with Gasteiger partial charge < -0.3 is 9.47 Å². The normalized spacial score (nSPS) is 8.36. The van der Waals surface area contributed by atoms with Crippen molar-refractivity contribution in [3.05, 3.63) is 33.3 Å². The molecular formula is C18H32O2S2. The monoisotopic (exact) mass is 344 g/mol. The number of hydrogen-bond donors (Lipinski definition) is 0. The Morgan fingerprint density at radius 2 is 1.64 bits per heavy atom. The summed E-state index contributed by atoms with van der Waals surface area (Å²) in [6.07, 6.45) is 1.08. The second-order valence-electron chi connectivity index (χ2n) is 3.91. The van der Waals surface area contributed by atoms with Crippen molar-refractivity contribution in [3.8, 4) is 10.8 Å². The molecule has 0 fully saturated rings. The number of ether oxygens (including phenoxy) is 2. The molecule has 0 saturated carbocycles. The van der Waals surface area contributed by atoms with E-state index in [9.17, 15) is 0 Å². The first-order chi connectivity index (χ1) is 10.7. The average molecular weight is 345 g/mol. The number of aryl methyl sites for hydroxylation is 2. The highest BCUT2D eigenvalue weighted by atomic mass is 32.1. The fourth-order valence-electron chi connectivity index (χ4n) is 1.24. The lowest BCUT2D eigenvalue weighted by atomic mass is 10.4. The lowest BCUT2D eigenvalue weighted by Gasteiger charge is -1.97. The molecule has 2 nitrogen and oxygen atoms in total. The minimum Gasteiger partial charge on any atom is -0.496 e. The predicted octanol–water partition coefficient (Wildman–Crippen LogP) is 6.96. The van der Waals surface area contributed by atoms with Crippen LogP contribution in [0, 0.1) is 13.8 Å². The Morgan fingerprint density at radius 3 is 1.95 bits per heavy atom. The summed E-state index contributed by atoms with van der Waals surface area (Å²) in [5.74, 6) is 0.995. The minimum atomic E-state index is 0.833. The standard InChI is InChI=1S/C8H12OS.C6H8OS.2C2H6/c1-3-4-9-8-5-7(2)6-10-8;1-5-3-8-4-6(5)7-2;2*1-2/h5-6H,3-4H2,1-2H3;3-4H,1-2H3;2*1-2H3. The summed E-state index contributed by atoms with van der Waals surface area (Å²) in [5.41, 5.74) is 2.51. The van der Waals surface area contributed by atoms with Gasteiger partial charge in [-0.1, -0.05) is 34.6 Å². The lowest BCUT2D eigenvalue weighted by Crippen LogP contribution is -1.91. The zero-order valence-electron chi connectivity index (χ0n) is 15.4. The Morgan fingerprint density at radius 1 is 1.00 bits per heavy atom. The van der Waals surface area contributed by atoms with Crippen LogP contribution in [-0.4, -0.2) is 13.7 Å². The van der Waals surface area contributed by atoms with Crippen LogP contribution in [0.15, 0.2) is 22.2 Å². The number of rotatable bonds is 4. The van der Waals surface area contributed by atoms with Crippen LogP contribution in [0.4, 0.5) is 0 Å². The van der Waals surface area contributed by atoms with Crippen LogP contribution in [0.3, 0.4) is 0 Å². The Kier molecular flexibility index (Phi) is 17.3. The molecule has 0 unspecified atom stereocenters. The van der Waals surface area contributed by atoms with Crippen LogP contribution < -0.4 is 9.47 Å². The highest BCUT2D eigenvalue weighted by Gasteiger charge is 1.94. The van der Waals surface area contributed by atoms with Crippen molar-refractivity contribution in [2.75, 3.05) is 13.7 Å². The van der Waals surface area contributed by atoms with Crippen molar-refractivity contribution < 1.29 is 9.47 Å². The molecule has 128 valence electrons. The van der Waals surface area contributed by atoms with Crippen molar-refractivity contribution in [1.82, 2.24) is 0 Å². The molecule has 0 bridgehead atoms. The third-order valence-electron chi connectivity index (χ3n) is 2.18. The first-order valence-electron chi connectivity index (χ1n) is 7.92. The van der Waals surface area contributed by atoms with E-state index in [0.717, 1.165) is 23.8 Å². The van der Waals surface area contributed by atoms with Crippen LogP contribution in [0.1, 0.15) is 52.2 Å². The molecular weight excluding hydrogens is 312 g/mol. The van der Waals surface area contributed by atoms with Crippen molar-refractivity contribution in [1.29, 1.82) is 0 Å². The van der Waals surface area contributed by atoms with Gasteiger partial charge in [0.25, 0.3) is 0 Å². The molecule has 2 aromatic heterocycles. The van der Waals surface area contributed by atoms with Crippen LogP contribution in [0.5, 0.6) is 10.8 Å². The van der Waals surface area contributed by atoms with E-state index < -0.39 is 0 Å². The maximum Gasteiger partial charge on any atom is 0.173 e. The maximum absolute atomic E-state index is 5.39. The molecule has 2 aromatic rings. The molecule has 0 aliphatic rings. The third-order valence-corrected chi connectivity index (χ3v) is 3.98. The Labute approximate surface area is 145 Å². The largest absolute Gasteiger partial charge is 0.496 e. The molecule has 0 aliphatic carbocycles. The van der Waals surface area contributed by atoms with Gasteiger partial charge in [-0.25, -0.2) is 0 Å². The number of thiophene rings is 2. The second kappa shape index (κ2) is 16.4. The first-order valence-corrected chi connectivity index (χ1v) is 9.74. The van der Waals surface area contributed by atoms with Crippen LogP contribution in [-0.2, 0) is 0 Å². The van der Waals surface area contributed by atoms with Crippen LogP contribution in [0.25, 0.3) is 0 Å². The number of methoxy groups -OCH3 is 1. The summed E-state index contributed by atoms with van der Waals surface area (Å²) < 4.78 is 10.4. The summed E-state index contributed by atoms with van der Waals surface area (Å²) in [6.45, 7) is 15.1. The van der Waals surface area contributed by atoms with E-state index in [2.05, 4.69) is 30.7 Å². The smallest absolute Gasteiger partial charge is 0.173 e. The minimum absolute atomic E-state index is 0.833. The molecule has 0 amide bonds. The average Bonchev–Trinajstić information content (AvgIpc) is 3.18.